The van der Waals surface area contributed by atoms with E-state index in [1.165, 1.54) is 0 Å². The Morgan fingerprint density at radius 3 is 2.56 bits per heavy atom. The lowest BCUT2D eigenvalue weighted by atomic mass is 10.4. The number of rotatable bonds is 4. The van der Waals surface area contributed by atoms with Crippen LogP contribution in [0.3, 0.4) is 0 Å². The van der Waals surface area contributed by atoms with E-state index < -0.39 is 0 Å². The van der Waals surface area contributed by atoms with Gasteiger partial charge in [0.1, 0.15) is 0 Å². The van der Waals surface area contributed by atoms with Gasteiger partial charge in [0.05, 0.1) is 12.0 Å². The number of nitrogens with zero attached hydrogens (tertiary/aromatic N) is 1. The van der Waals surface area contributed by atoms with Gasteiger partial charge in [-0.05, 0) is 13.8 Å². The van der Waals surface area contributed by atoms with Crippen LogP contribution in [0.15, 0.2) is 0 Å². The maximum atomic E-state index is 9.74. The fourth-order valence-corrected chi connectivity index (χ4v) is 0.515. The Bertz CT molecular complexity index is 87.0. The summed E-state index contributed by atoms with van der Waals surface area (Å²) >= 11 is 0.790. The van der Waals surface area contributed by atoms with Crippen LogP contribution in [0.25, 0.3) is 0 Å². The van der Waals surface area contributed by atoms with Gasteiger partial charge >= 0.3 is 0 Å². The molecule has 0 spiro atoms. The highest BCUT2D eigenvalue weighted by molar-refractivity contribution is 8.07. The van der Waals surface area contributed by atoms with Crippen LogP contribution in [0.4, 0.5) is 0 Å². The van der Waals surface area contributed by atoms with Crippen molar-refractivity contribution in [1.29, 1.82) is 0 Å². The van der Waals surface area contributed by atoms with Gasteiger partial charge in [0.2, 0.25) is 5.62 Å². The smallest absolute Gasteiger partial charge is 0.204 e. The highest BCUT2D eigenvalue weighted by Gasteiger charge is 2.01. The molecule has 0 aromatic rings. The van der Waals surface area contributed by atoms with Gasteiger partial charge in [0.25, 0.3) is 0 Å². The van der Waals surface area contributed by atoms with Gasteiger partial charge in [-0.1, -0.05) is 0 Å². The minimum Gasteiger partial charge on any atom is -0.288 e. The third-order valence-corrected chi connectivity index (χ3v) is 1.33. The van der Waals surface area contributed by atoms with Crippen LogP contribution in [0.1, 0.15) is 13.8 Å². The van der Waals surface area contributed by atoms with Gasteiger partial charge in [-0.25, -0.2) is 4.28 Å². The van der Waals surface area contributed by atoms with Crippen molar-refractivity contribution >= 4 is 17.7 Å². The van der Waals surface area contributed by atoms with Crippen LogP contribution in [-0.2, 0) is 9.08 Å². The number of carbonyl (C=O) groups excluding carboxylic acids is 1. The lowest BCUT2D eigenvalue weighted by Gasteiger charge is -2.16. The van der Waals surface area contributed by atoms with E-state index in [1.807, 2.05) is 13.8 Å². The second kappa shape index (κ2) is 4.78. The molecule has 0 aliphatic carbocycles. The Morgan fingerprint density at radius 1 is 1.67 bits per heavy atom. The van der Waals surface area contributed by atoms with E-state index in [-0.39, 0.29) is 0 Å². The van der Waals surface area contributed by atoms with Gasteiger partial charge in [-0.15, -0.1) is 0 Å². The Hall–Kier alpha value is -0.0600. The summed E-state index contributed by atoms with van der Waals surface area (Å²) in [5, 5.41) is 1.61. The molecule has 0 aromatic heterocycles. The van der Waals surface area contributed by atoms with Gasteiger partial charge in [-0.2, -0.15) is 5.06 Å². The van der Waals surface area contributed by atoms with Crippen molar-refractivity contribution in [2.75, 3.05) is 7.05 Å². The van der Waals surface area contributed by atoms with Crippen LogP contribution >= 0.6 is 12.0 Å². The third kappa shape index (κ3) is 4.44. The lowest BCUT2D eigenvalue weighted by molar-refractivity contribution is -0.0364. The molecule has 0 N–H and O–H groups in total. The fraction of sp³-hybridized carbons (Fsp3) is 0.800. The zero-order valence-corrected chi connectivity index (χ0v) is 6.64. The zero-order valence-electron chi connectivity index (χ0n) is 5.83. The Morgan fingerprint density at radius 2 is 2.22 bits per heavy atom. The molecule has 0 saturated heterocycles. The van der Waals surface area contributed by atoms with Crippen molar-refractivity contribution < 1.29 is 9.08 Å². The minimum atomic E-state index is 0.303. The van der Waals surface area contributed by atoms with Crippen LogP contribution in [0.2, 0.25) is 0 Å². The quantitative estimate of drug-likeness (QED) is 0.340. The predicted octanol–water partition coefficient (Wildman–Crippen LogP) is 1.10. The second-order valence-corrected chi connectivity index (χ2v) is 2.44. The van der Waals surface area contributed by atoms with Crippen molar-refractivity contribution in [2.45, 2.75) is 19.9 Å². The van der Waals surface area contributed by atoms with Gasteiger partial charge in [0.15, 0.2) is 0 Å². The largest absolute Gasteiger partial charge is 0.288 e. The monoisotopic (exact) mass is 149 g/mol. The summed E-state index contributed by atoms with van der Waals surface area (Å²) in [4.78, 5) is 9.74. The molecule has 4 heteroatoms. The molecule has 0 radical (unpaired) electrons. The number of carbonyl (C=O) groups is 1. The van der Waals surface area contributed by atoms with Gasteiger partial charge in [0, 0.05) is 13.1 Å². The Kier molecular flexibility index (Phi) is 4.75. The van der Waals surface area contributed by atoms with E-state index in [1.54, 1.807) is 12.1 Å². The maximum absolute atomic E-state index is 9.74. The standard InChI is InChI=1S/C5H11NO2S/c1-5(2)6(3)8-9-4-7/h4-5H,1-3H3. The van der Waals surface area contributed by atoms with Crippen LogP contribution in [0.5, 0.6) is 0 Å². The fourth-order valence-electron chi connectivity index (χ4n) is 0.172. The molecule has 0 heterocycles. The topological polar surface area (TPSA) is 29.5 Å². The van der Waals surface area contributed by atoms with E-state index in [4.69, 9.17) is 4.28 Å². The summed E-state index contributed by atoms with van der Waals surface area (Å²) in [7, 11) is 1.78. The number of hydroxylamine groups is 2. The predicted molar refractivity (Wildman–Crippen MR) is 38.3 cm³/mol. The molecule has 0 aromatic carbocycles. The molecule has 0 unspecified atom stereocenters. The lowest BCUT2D eigenvalue weighted by Crippen LogP contribution is -2.23. The van der Waals surface area contributed by atoms with Crippen molar-refractivity contribution in [3.63, 3.8) is 0 Å². The van der Waals surface area contributed by atoms with Crippen LogP contribution in [-0.4, -0.2) is 23.8 Å². The molecule has 0 aliphatic rings. The first-order valence-corrected chi connectivity index (χ1v) is 3.49. The Balaban J connectivity index is 3.26. The molecule has 9 heavy (non-hydrogen) atoms. The molecule has 54 valence electrons. The van der Waals surface area contributed by atoms with Gasteiger partial charge < -0.3 is 0 Å². The molecule has 0 amide bonds. The van der Waals surface area contributed by atoms with E-state index in [2.05, 4.69) is 0 Å². The highest BCUT2D eigenvalue weighted by atomic mass is 32.2. The molecule has 0 aliphatic heterocycles. The number of hydrogen-bond donors (Lipinski definition) is 0. The normalized spacial score (nSPS) is 10.8. The van der Waals surface area contributed by atoms with Crippen molar-refractivity contribution in [3.8, 4) is 0 Å². The first-order chi connectivity index (χ1) is 4.18. The van der Waals surface area contributed by atoms with Crippen molar-refractivity contribution in [2.24, 2.45) is 0 Å². The van der Waals surface area contributed by atoms with E-state index in [9.17, 15) is 4.79 Å². The molecular formula is C5H11NO2S. The van der Waals surface area contributed by atoms with E-state index >= 15 is 0 Å². The SMILES string of the molecule is CC(C)N(C)OSC=O. The number of hydrogen-bond acceptors (Lipinski definition) is 4. The average molecular weight is 149 g/mol. The van der Waals surface area contributed by atoms with Crippen molar-refractivity contribution in [1.82, 2.24) is 5.06 Å². The van der Waals surface area contributed by atoms with E-state index in [0.717, 1.165) is 12.0 Å². The molecule has 0 fully saturated rings. The molecule has 0 atom stereocenters. The first-order valence-electron chi connectivity index (χ1n) is 2.68. The first kappa shape index (κ1) is 8.94. The summed E-state index contributed by atoms with van der Waals surface area (Å²) in [5.74, 6) is 0. The van der Waals surface area contributed by atoms with Gasteiger partial charge in [-0.3, -0.25) is 4.79 Å². The molecule has 0 rings (SSSR count). The van der Waals surface area contributed by atoms with Crippen molar-refractivity contribution in [3.05, 3.63) is 0 Å². The summed E-state index contributed by atoms with van der Waals surface area (Å²) in [6.45, 7) is 3.96. The molecular weight excluding hydrogens is 138 g/mol. The maximum Gasteiger partial charge on any atom is 0.204 e. The van der Waals surface area contributed by atoms with E-state index in [0.29, 0.717) is 11.7 Å². The summed E-state index contributed by atoms with van der Waals surface area (Å²) in [6.07, 6.45) is 0. The molecule has 0 bridgehead atoms. The molecule has 0 saturated carbocycles. The summed E-state index contributed by atoms with van der Waals surface area (Å²) in [5.41, 5.74) is 0.652. The second-order valence-electron chi connectivity index (χ2n) is 1.91. The van der Waals surface area contributed by atoms with Crippen LogP contribution in [0, 0.1) is 0 Å². The molecule has 3 nitrogen and oxygen atoms in total. The highest BCUT2D eigenvalue weighted by Crippen LogP contribution is 2.03. The van der Waals surface area contributed by atoms with Crippen LogP contribution < -0.4 is 0 Å². The zero-order chi connectivity index (χ0) is 7.28. The summed E-state index contributed by atoms with van der Waals surface area (Å²) < 4.78 is 4.83. The third-order valence-electron chi connectivity index (χ3n) is 0.927. The summed E-state index contributed by atoms with van der Waals surface area (Å²) in [6, 6.07) is 0.303. The minimum absolute atomic E-state index is 0.303. The Labute approximate surface area is 59.5 Å². The average Bonchev–Trinajstić information content (AvgIpc) is 1.82.